The van der Waals surface area contributed by atoms with Crippen LogP contribution in [-0.2, 0) is 16.4 Å². The fourth-order valence-corrected chi connectivity index (χ4v) is 4.53. The van der Waals surface area contributed by atoms with Crippen LogP contribution in [0.1, 0.15) is 12.0 Å². The normalized spacial score (nSPS) is 22.7. The average Bonchev–Trinajstić information content (AvgIpc) is 2.87. The van der Waals surface area contributed by atoms with Crippen LogP contribution in [0.3, 0.4) is 0 Å². The molecule has 2 heterocycles. The van der Waals surface area contributed by atoms with Crippen molar-refractivity contribution in [1.82, 2.24) is 4.90 Å². The molecule has 5 heteroatoms. The van der Waals surface area contributed by atoms with Crippen molar-refractivity contribution in [2.24, 2.45) is 0 Å². The Bertz CT molecular complexity index is 499. The Morgan fingerprint density at radius 2 is 2.41 bits per heavy atom. The Morgan fingerprint density at radius 1 is 1.59 bits per heavy atom. The molecule has 1 aromatic rings. The molecule has 0 amide bonds. The van der Waals surface area contributed by atoms with Gasteiger partial charge in [-0.25, -0.2) is 8.42 Å². The van der Waals surface area contributed by atoms with Crippen LogP contribution in [0.25, 0.3) is 0 Å². The van der Waals surface area contributed by atoms with Crippen molar-refractivity contribution in [2.45, 2.75) is 19.0 Å². The molecule has 1 aliphatic rings. The molecule has 1 aromatic heterocycles. The van der Waals surface area contributed by atoms with E-state index >= 15 is 0 Å². The second-order valence-electron chi connectivity index (χ2n) is 4.30. The van der Waals surface area contributed by atoms with Crippen molar-refractivity contribution in [3.8, 4) is 12.3 Å². The molecule has 3 nitrogen and oxygen atoms in total. The van der Waals surface area contributed by atoms with Gasteiger partial charge in [0.25, 0.3) is 0 Å². The molecular weight excluding hydrogens is 254 g/mol. The first-order valence-corrected chi connectivity index (χ1v) is 8.26. The molecule has 0 N–H and O–H groups in total. The minimum Gasteiger partial charge on any atom is -0.284 e. The summed E-state index contributed by atoms with van der Waals surface area (Å²) in [4.78, 5) is 2.09. The summed E-state index contributed by atoms with van der Waals surface area (Å²) in [6.45, 7) is 1.25. The van der Waals surface area contributed by atoms with Crippen LogP contribution in [0.2, 0.25) is 0 Å². The number of thiophene rings is 1. The van der Waals surface area contributed by atoms with E-state index < -0.39 is 9.84 Å². The summed E-state index contributed by atoms with van der Waals surface area (Å²) < 4.78 is 23.0. The number of terminal acetylenes is 1. The summed E-state index contributed by atoms with van der Waals surface area (Å²) in [7, 11) is -2.85. The maximum atomic E-state index is 11.5. The van der Waals surface area contributed by atoms with Gasteiger partial charge < -0.3 is 0 Å². The van der Waals surface area contributed by atoms with Crippen molar-refractivity contribution in [3.63, 3.8) is 0 Å². The third-order valence-electron chi connectivity index (χ3n) is 2.98. The van der Waals surface area contributed by atoms with Crippen LogP contribution < -0.4 is 0 Å². The molecule has 0 unspecified atom stereocenters. The highest BCUT2D eigenvalue weighted by Crippen LogP contribution is 2.20. The van der Waals surface area contributed by atoms with Gasteiger partial charge in [0, 0.05) is 12.6 Å². The summed E-state index contributed by atoms with van der Waals surface area (Å²) in [5, 5.41) is 4.10. The van der Waals surface area contributed by atoms with Gasteiger partial charge in [0.2, 0.25) is 0 Å². The number of nitrogens with zero attached hydrogens (tertiary/aromatic N) is 1. The first-order chi connectivity index (χ1) is 8.11. The number of hydrogen-bond acceptors (Lipinski definition) is 4. The molecular formula is C12H15NO2S2. The number of rotatable bonds is 4. The van der Waals surface area contributed by atoms with E-state index in [9.17, 15) is 8.42 Å². The van der Waals surface area contributed by atoms with Gasteiger partial charge in [0.15, 0.2) is 9.84 Å². The molecule has 1 atom stereocenters. The lowest BCUT2D eigenvalue weighted by atomic mass is 10.2. The molecule has 0 spiro atoms. The second kappa shape index (κ2) is 5.21. The van der Waals surface area contributed by atoms with Crippen LogP contribution in [-0.4, -0.2) is 37.4 Å². The Morgan fingerprint density at radius 3 is 2.94 bits per heavy atom. The third kappa shape index (κ3) is 3.32. The van der Waals surface area contributed by atoms with Gasteiger partial charge in [-0.05, 0) is 28.8 Å². The van der Waals surface area contributed by atoms with Crippen molar-refractivity contribution >= 4 is 21.2 Å². The van der Waals surface area contributed by atoms with Gasteiger partial charge in [-0.3, -0.25) is 4.90 Å². The predicted molar refractivity (Wildman–Crippen MR) is 70.6 cm³/mol. The third-order valence-corrected chi connectivity index (χ3v) is 5.47. The Kier molecular flexibility index (Phi) is 3.87. The molecule has 0 aromatic carbocycles. The van der Waals surface area contributed by atoms with Crippen LogP contribution in [0, 0.1) is 12.3 Å². The van der Waals surface area contributed by atoms with Gasteiger partial charge in [0.1, 0.15) is 0 Å². The monoisotopic (exact) mass is 269 g/mol. The first kappa shape index (κ1) is 12.6. The minimum atomic E-state index is -2.85. The fourth-order valence-electron chi connectivity index (χ4n) is 2.11. The number of sulfone groups is 1. The van der Waals surface area contributed by atoms with Gasteiger partial charge >= 0.3 is 0 Å². The molecule has 17 heavy (non-hydrogen) atoms. The van der Waals surface area contributed by atoms with Crippen molar-refractivity contribution in [2.75, 3.05) is 18.1 Å². The van der Waals surface area contributed by atoms with Crippen LogP contribution in [0.4, 0.5) is 0 Å². The maximum Gasteiger partial charge on any atom is 0.151 e. The van der Waals surface area contributed by atoms with Crippen molar-refractivity contribution in [3.05, 3.63) is 22.4 Å². The predicted octanol–water partition coefficient (Wildman–Crippen LogP) is 1.37. The van der Waals surface area contributed by atoms with Gasteiger partial charge in [-0.2, -0.15) is 11.3 Å². The lowest BCUT2D eigenvalue weighted by Crippen LogP contribution is -2.35. The molecule has 0 saturated carbocycles. The summed E-state index contributed by atoms with van der Waals surface area (Å²) >= 11 is 1.65. The standard InChI is InChI=1S/C12H15NO2S2/c1-2-5-13(8-11-3-6-16-9-11)12-4-7-17(14,15)10-12/h1,3,6,9,12H,4-5,7-8,10H2/t12-/m1/s1. The minimum absolute atomic E-state index is 0.0796. The molecule has 92 valence electrons. The van der Waals surface area contributed by atoms with E-state index in [1.54, 1.807) is 11.3 Å². The fraction of sp³-hybridized carbons (Fsp3) is 0.500. The lowest BCUT2D eigenvalue weighted by Gasteiger charge is -2.25. The number of hydrogen-bond donors (Lipinski definition) is 0. The first-order valence-electron chi connectivity index (χ1n) is 5.50. The maximum absolute atomic E-state index is 11.5. The van der Waals surface area contributed by atoms with E-state index in [4.69, 9.17) is 6.42 Å². The van der Waals surface area contributed by atoms with E-state index in [0.29, 0.717) is 18.7 Å². The average molecular weight is 269 g/mol. The van der Waals surface area contributed by atoms with E-state index in [2.05, 4.69) is 22.3 Å². The van der Waals surface area contributed by atoms with E-state index in [0.717, 1.165) is 6.54 Å². The molecule has 1 fully saturated rings. The van der Waals surface area contributed by atoms with Crippen molar-refractivity contribution in [1.29, 1.82) is 0 Å². The topological polar surface area (TPSA) is 37.4 Å². The van der Waals surface area contributed by atoms with Gasteiger partial charge in [0.05, 0.1) is 18.1 Å². The summed E-state index contributed by atoms with van der Waals surface area (Å²) in [5.74, 6) is 3.16. The molecule has 1 saturated heterocycles. The molecule has 0 bridgehead atoms. The molecule has 0 radical (unpaired) electrons. The van der Waals surface area contributed by atoms with E-state index in [1.165, 1.54) is 5.56 Å². The molecule has 1 aliphatic heterocycles. The zero-order valence-electron chi connectivity index (χ0n) is 9.50. The zero-order valence-corrected chi connectivity index (χ0v) is 11.1. The largest absolute Gasteiger partial charge is 0.284 e. The highest BCUT2D eigenvalue weighted by atomic mass is 32.2. The lowest BCUT2D eigenvalue weighted by molar-refractivity contribution is 0.231. The molecule has 2 rings (SSSR count). The van der Waals surface area contributed by atoms with Crippen LogP contribution in [0.15, 0.2) is 16.8 Å². The van der Waals surface area contributed by atoms with Crippen LogP contribution in [0.5, 0.6) is 0 Å². The summed E-state index contributed by atoms with van der Waals surface area (Å²) in [6, 6.07) is 2.13. The van der Waals surface area contributed by atoms with E-state index in [1.807, 2.05) is 5.38 Å². The smallest absolute Gasteiger partial charge is 0.151 e. The molecule has 0 aliphatic carbocycles. The van der Waals surface area contributed by atoms with Crippen LogP contribution >= 0.6 is 11.3 Å². The second-order valence-corrected chi connectivity index (χ2v) is 7.31. The highest BCUT2D eigenvalue weighted by Gasteiger charge is 2.31. The quantitative estimate of drug-likeness (QED) is 0.775. The Labute approximate surface area is 106 Å². The highest BCUT2D eigenvalue weighted by molar-refractivity contribution is 7.91. The summed E-state index contributed by atoms with van der Waals surface area (Å²) in [6.07, 6.45) is 6.06. The van der Waals surface area contributed by atoms with Gasteiger partial charge in [-0.15, -0.1) is 6.42 Å². The Balaban J connectivity index is 2.05. The zero-order chi connectivity index (χ0) is 12.3. The van der Waals surface area contributed by atoms with Gasteiger partial charge in [-0.1, -0.05) is 5.92 Å². The SMILES string of the molecule is C#CCN(Cc1ccsc1)[C@@H]1CCS(=O)(=O)C1. The van der Waals surface area contributed by atoms with Crippen molar-refractivity contribution < 1.29 is 8.42 Å². The van der Waals surface area contributed by atoms with E-state index in [-0.39, 0.29) is 11.8 Å². The summed E-state index contributed by atoms with van der Waals surface area (Å²) in [5.41, 5.74) is 1.20. The Hall–Kier alpha value is -0.830.